The first kappa shape index (κ1) is 24.6. The summed E-state index contributed by atoms with van der Waals surface area (Å²) in [6.07, 6.45) is 1.92. The summed E-state index contributed by atoms with van der Waals surface area (Å²) in [4.78, 5) is 12.7. The number of anilines is 1. The molecule has 11 heteroatoms. The van der Waals surface area contributed by atoms with Gasteiger partial charge in [-0.15, -0.1) is 5.10 Å². The summed E-state index contributed by atoms with van der Waals surface area (Å²) < 4.78 is 54.3. The quantitative estimate of drug-likeness (QED) is 0.449. The minimum atomic E-state index is -4.84. The van der Waals surface area contributed by atoms with E-state index in [1.807, 2.05) is 17.0 Å². The van der Waals surface area contributed by atoms with Crippen LogP contribution in [0.4, 0.5) is 23.2 Å². The van der Waals surface area contributed by atoms with Gasteiger partial charge in [0, 0.05) is 24.3 Å². The molecule has 0 unspecified atom stereocenters. The number of nitrogens with zero attached hydrogens (tertiary/aromatic N) is 3. The van der Waals surface area contributed by atoms with E-state index in [0.29, 0.717) is 12.1 Å². The number of carbonyl (C=O) groups excluding carboxylic acids is 1. The fourth-order valence-electron chi connectivity index (χ4n) is 5.26. The van der Waals surface area contributed by atoms with Crippen molar-refractivity contribution < 1.29 is 22.4 Å². The molecule has 34 heavy (non-hydrogen) atoms. The van der Waals surface area contributed by atoms with Crippen LogP contribution < -0.4 is 11.1 Å². The van der Waals surface area contributed by atoms with Crippen molar-refractivity contribution in [3.05, 3.63) is 47.0 Å². The molecule has 2 saturated carbocycles. The lowest BCUT2D eigenvalue weighted by Gasteiger charge is -2.26. The first-order valence-corrected chi connectivity index (χ1v) is 15.1. The molecule has 2 bridgehead atoms. The van der Waals surface area contributed by atoms with E-state index >= 15 is 0 Å². The Kier molecular flexibility index (Phi) is 6.45. The predicted molar refractivity (Wildman–Crippen MR) is 124 cm³/mol. The van der Waals surface area contributed by atoms with Crippen LogP contribution in [-0.4, -0.2) is 35.0 Å². The van der Waals surface area contributed by atoms with Crippen LogP contribution in [0.2, 0.25) is 19.6 Å². The van der Waals surface area contributed by atoms with Crippen LogP contribution in [0, 0.1) is 23.6 Å². The van der Waals surface area contributed by atoms with E-state index in [9.17, 15) is 22.4 Å². The number of hydrogen-bond acceptors (Lipinski definition) is 4. The summed E-state index contributed by atoms with van der Waals surface area (Å²) >= 11 is 0. The molecule has 2 fully saturated rings. The lowest BCUT2D eigenvalue weighted by Crippen LogP contribution is -2.37. The number of amides is 1. The highest BCUT2D eigenvalue weighted by molar-refractivity contribution is 6.74. The minimum Gasteiger partial charge on any atom is -0.327 e. The molecule has 0 radical (unpaired) electrons. The molecule has 184 valence electrons. The Balaban J connectivity index is 1.45. The monoisotopic (exact) mass is 495 g/mol. The SMILES string of the molecule is C[Si](C)(C)Cn1cc(/C=C2\[C@H]3CC[C@@H]2[C@H](CC(=O)Nc2ccc(F)c(C(F)(F)F)c2)[C@H]3N)nn1. The fourth-order valence-corrected chi connectivity index (χ4v) is 6.39. The third-order valence-corrected chi connectivity index (χ3v) is 7.88. The zero-order valence-electron chi connectivity index (χ0n) is 19.4. The van der Waals surface area contributed by atoms with Gasteiger partial charge in [0.05, 0.1) is 19.8 Å². The van der Waals surface area contributed by atoms with Gasteiger partial charge in [0.25, 0.3) is 0 Å². The molecule has 2 aliphatic rings. The highest BCUT2D eigenvalue weighted by atomic mass is 28.3. The van der Waals surface area contributed by atoms with Crippen molar-refractivity contribution in [1.82, 2.24) is 15.0 Å². The molecule has 0 spiro atoms. The van der Waals surface area contributed by atoms with Crippen LogP contribution in [0.25, 0.3) is 6.08 Å². The van der Waals surface area contributed by atoms with Crippen molar-refractivity contribution in [2.45, 2.75) is 57.3 Å². The Morgan fingerprint density at radius 3 is 2.65 bits per heavy atom. The van der Waals surface area contributed by atoms with E-state index in [4.69, 9.17) is 5.73 Å². The van der Waals surface area contributed by atoms with E-state index in [0.717, 1.165) is 30.8 Å². The van der Waals surface area contributed by atoms with Gasteiger partial charge in [0.2, 0.25) is 5.91 Å². The molecule has 2 aromatic rings. The van der Waals surface area contributed by atoms with Gasteiger partial charge in [-0.25, -0.2) is 4.39 Å². The van der Waals surface area contributed by atoms with Crippen molar-refractivity contribution in [1.29, 1.82) is 0 Å². The molecule has 0 saturated heterocycles. The maximum absolute atomic E-state index is 13.5. The van der Waals surface area contributed by atoms with Gasteiger partial charge in [-0.2, -0.15) is 13.2 Å². The molecule has 0 aliphatic heterocycles. The summed E-state index contributed by atoms with van der Waals surface area (Å²) in [6.45, 7) is 6.78. The highest BCUT2D eigenvalue weighted by Gasteiger charge is 2.50. The third-order valence-electron chi connectivity index (χ3n) is 6.60. The standard InChI is InChI=1S/C23H29F4N5OSi/c1-34(2,3)12-32-11-14(30-31-32)8-17-15-5-6-16(17)22(28)18(15)10-21(33)29-13-4-7-20(24)19(9-13)23(25,26)27/h4,7-9,11,15-16,18,22H,5-6,10,12,28H2,1-3H3,(H,29,33)/b17-8-/t15-,16+,18-,22-/m0/s1. The summed E-state index contributed by atoms with van der Waals surface area (Å²) in [5.41, 5.74) is 6.93. The zero-order valence-corrected chi connectivity index (χ0v) is 20.4. The number of carbonyl (C=O) groups is 1. The maximum Gasteiger partial charge on any atom is 0.419 e. The lowest BCUT2D eigenvalue weighted by molar-refractivity contribution is -0.140. The summed E-state index contributed by atoms with van der Waals surface area (Å²) in [6, 6.07) is 2.23. The number of benzene rings is 1. The third kappa shape index (κ3) is 5.25. The van der Waals surface area contributed by atoms with Crippen LogP contribution >= 0.6 is 0 Å². The Bertz CT molecular complexity index is 1110. The second kappa shape index (κ2) is 8.92. The second-order valence-electron chi connectivity index (χ2n) is 10.5. The normalized spacial score (nSPS) is 25.8. The smallest absolute Gasteiger partial charge is 0.327 e. The summed E-state index contributed by atoms with van der Waals surface area (Å²) in [5.74, 6) is -1.67. The van der Waals surface area contributed by atoms with Crippen molar-refractivity contribution in [2.24, 2.45) is 23.5 Å². The van der Waals surface area contributed by atoms with Gasteiger partial charge in [0.1, 0.15) is 11.5 Å². The topological polar surface area (TPSA) is 85.8 Å². The van der Waals surface area contributed by atoms with Gasteiger partial charge in [0.15, 0.2) is 0 Å². The van der Waals surface area contributed by atoms with Gasteiger partial charge in [-0.1, -0.05) is 30.4 Å². The molecule has 1 aromatic heterocycles. The number of nitrogens with one attached hydrogen (secondary N) is 1. The molecule has 4 rings (SSSR count). The molecule has 6 nitrogen and oxygen atoms in total. The van der Waals surface area contributed by atoms with Crippen LogP contribution in [0.3, 0.4) is 0 Å². The first-order valence-electron chi connectivity index (χ1n) is 11.4. The highest BCUT2D eigenvalue weighted by Crippen LogP contribution is 2.53. The molecular formula is C23H29F4N5OSi. The number of fused-ring (bicyclic) bond motifs is 2. The largest absolute Gasteiger partial charge is 0.419 e. The predicted octanol–water partition coefficient (Wildman–Crippen LogP) is 4.71. The molecule has 1 heterocycles. The fraction of sp³-hybridized carbons (Fsp3) is 0.522. The molecule has 2 aliphatic carbocycles. The minimum absolute atomic E-state index is 0.0840. The first-order chi connectivity index (χ1) is 15.8. The van der Waals surface area contributed by atoms with Crippen LogP contribution in [0.1, 0.15) is 30.5 Å². The van der Waals surface area contributed by atoms with Crippen LogP contribution in [-0.2, 0) is 17.1 Å². The zero-order chi connectivity index (χ0) is 24.8. The molecule has 1 aromatic carbocycles. The number of rotatable bonds is 6. The Hall–Kier alpha value is -2.53. The Morgan fingerprint density at radius 2 is 1.97 bits per heavy atom. The number of alkyl halides is 3. The molecule has 1 amide bonds. The van der Waals surface area contributed by atoms with Crippen molar-refractivity contribution in [2.75, 3.05) is 5.32 Å². The summed E-state index contributed by atoms with van der Waals surface area (Å²) in [7, 11) is -1.34. The average Bonchev–Trinajstić information content (AvgIpc) is 3.37. The average molecular weight is 496 g/mol. The van der Waals surface area contributed by atoms with Crippen molar-refractivity contribution >= 4 is 25.7 Å². The van der Waals surface area contributed by atoms with Gasteiger partial charge < -0.3 is 11.1 Å². The van der Waals surface area contributed by atoms with E-state index in [2.05, 4.69) is 35.3 Å². The summed E-state index contributed by atoms with van der Waals surface area (Å²) in [5, 5.41) is 11.0. The van der Waals surface area contributed by atoms with E-state index in [-0.39, 0.29) is 35.9 Å². The number of hydrogen-bond donors (Lipinski definition) is 2. The van der Waals surface area contributed by atoms with Gasteiger partial charge in [-0.05, 0) is 54.9 Å². The van der Waals surface area contributed by atoms with Gasteiger partial charge >= 0.3 is 6.18 Å². The number of nitrogens with two attached hydrogens (primary N) is 1. The van der Waals surface area contributed by atoms with Crippen molar-refractivity contribution in [3.63, 3.8) is 0 Å². The number of halogens is 4. The van der Waals surface area contributed by atoms with Crippen molar-refractivity contribution in [3.8, 4) is 0 Å². The Morgan fingerprint density at radius 1 is 1.26 bits per heavy atom. The second-order valence-corrected chi connectivity index (χ2v) is 16.0. The van der Waals surface area contributed by atoms with Gasteiger partial charge in [-0.3, -0.25) is 9.48 Å². The number of aromatic nitrogens is 3. The van der Waals surface area contributed by atoms with Crippen LogP contribution in [0.5, 0.6) is 0 Å². The molecular weight excluding hydrogens is 466 g/mol. The Labute approximate surface area is 196 Å². The van der Waals surface area contributed by atoms with Crippen LogP contribution in [0.15, 0.2) is 30.0 Å². The lowest BCUT2D eigenvalue weighted by atomic mass is 9.82. The van der Waals surface area contributed by atoms with E-state index < -0.39 is 31.5 Å². The molecule has 4 atom stereocenters. The maximum atomic E-state index is 13.5. The van der Waals surface area contributed by atoms with E-state index in [1.54, 1.807) is 0 Å². The van der Waals surface area contributed by atoms with E-state index in [1.165, 1.54) is 5.57 Å². The molecule has 3 N–H and O–H groups in total.